The van der Waals surface area contributed by atoms with Gasteiger partial charge in [0.1, 0.15) is 0 Å². The molecule has 1 rings (SSSR count). The van der Waals surface area contributed by atoms with Crippen LogP contribution in [0.2, 0.25) is 0 Å². The predicted octanol–water partition coefficient (Wildman–Crippen LogP) is 6.05. The molecule has 1 aromatic carbocycles. The fourth-order valence-electron chi connectivity index (χ4n) is 2.30. The van der Waals surface area contributed by atoms with E-state index in [-0.39, 0.29) is 0 Å². The van der Waals surface area contributed by atoms with Gasteiger partial charge in [0.25, 0.3) is 0 Å². The Kier molecular flexibility index (Phi) is 9.11. The monoisotopic (exact) mass is 264 g/mol. The quantitative estimate of drug-likeness (QED) is 0.386. The van der Waals surface area contributed by atoms with Crippen LogP contribution in [0.25, 0.3) is 0 Å². The van der Waals surface area contributed by atoms with Crippen molar-refractivity contribution >= 4 is 12.6 Å². The maximum absolute atomic E-state index is 4.30. The van der Waals surface area contributed by atoms with Crippen LogP contribution in [0, 0.1) is 0 Å². The molecule has 0 saturated heterocycles. The third kappa shape index (κ3) is 7.81. The molecule has 0 aliphatic rings. The highest BCUT2D eigenvalue weighted by Crippen LogP contribution is 2.13. The van der Waals surface area contributed by atoms with Crippen molar-refractivity contribution < 1.29 is 0 Å². The normalized spacial score (nSPS) is 10.8. The van der Waals surface area contributed by atoms with Crippen LogP contribution < -0.4 is 0 Å². The Labute approximate surface area is 119 Å². The lowest BCUT2D eigenvalue weighted by Gasteiger charge is -2.03. The Morgan fingerprint density at radius 3 is 1.78 bits per heavy atom. The summed E-state index contributed by atoms with van der Waals surface area (Å²) in [5, 5.41) is 0. The van der Waals surface area contributed by atoms with Gasteiger partial charge in [0, 0.05) is 4.90 Å². The summed E-state index contributed by atoms with van der Waals surface area (Å²) >= 11 is 4.30. The highest BCUT2D eigenvalue weighted by molar-refractivity contribution is 7.80. The average molecular weight is 264 g/mol. The molecule has 0 heterocycles. The number of rotatable bonds is 10. The lowest BCUT2D eigenvalue weighted by atomic mass is 10.0. The van der Waals surface area contributed by atoms with Crippen LogP contribution >= 0.6 is 12.6 Å². The topological polar surface area (TPSA) is 0 Å². The molecule has 0 fully saturated rings. The molecular formula is C17H28S. The molecule has 0 aliphatic heterocycles. The van der Waals surface area contributed by atoms with Crippen molar-refractivity contribution in [1.29, 1.82) is 0 Å². The number of hydrogen-bond acceptors (Lipinski definition) is 1. The van der Waals surface area contributed by atoms with E-state index >= 15 is 0 Å². The standard InChI is InChI=1S/C17H28S/c1-2-3-4-5-6-7-8-9-10-11-16-12-14-17(18)15-13-16/h12-15,18H,2-11H2,1H3. The molecule has 0 nitrogen and oxygen atoms in total. The van der Waals surface area contributed by atoms with Crippen molar-refractivity contribution in [3.8, 4) is 0 Å². The van der Waals surface area contributed by atoms with Gasteiger partial charge in [-0.15, -0.1) is 12.6 Å². The van der Waals surface area contributed by atoms with Crippen LogP contribution in [0.3, 0.4) is 0 Å². The summed E-state index contributed by atoms with van der Waals surface area (Å²) in [5.74, 6) is 0. The molecule has 0 saturated carbocycles. The fraction of sp³-hybridized carbons (Fsp3) is 0.647. The van der Waals surface area contributed by atoms with Crippen LogP contribution in [0.15, 0.2) is 29.2 Å². The van der Waals surface area contributed by atoms with E-state index in [2.05, 4.69) is 43.8 Å². The number of benzene rings is 1. The summed E-state index contributed by atoms with van der Waals surface area (Å²) in [7, 11) is 0. The molecule has 0 atom stereocenters. The van der Waals surface area contributed by atoms with Crippen LogP contribution in [-0.2, 0) is 6.42 Å². The van der Waals surface area contributed by atoms with Gasteiger partial charge >= 0.3 is 0 Å². The fourth-order valence-corrected chi connectivity index (χ4v) is 2.45. The van der Waals surface area contributed by atoms with E-state index < -0.39 is 0 Å². The summed E-state index contributed by atoms with van der Waals surface area (Å²) in [6.07, 6.45) is 13.9. The molecule has 0 aliphatic carbocycles. The average Bonchev–Trinajstić information content (AvgIpc) is 2.39. The Hall–Kier alpha value is -0.430. The SMILES string of the molecule is CCCCCCCCCCCc1ccc(S)cc1. The van der Waals surface area contributed by atoms with E-state index in [4.69, 9.17) is 0 Å². The van der Waals surface area contributed by atoms with Gasteiger partial charge in [0.15, 0.2) is 0 Å². The highest BCUT2D eigenvalue weighted by atomic mass is 32.1. The van der Waals surface area contributed by atoms with E-state index in [1.54, 1.807) is 0 Å². The molecule has 0 spiro atoms. The molecule has 18 heavy (non-hydrogen) atoms. The lowest BCUT2D eigenvalue weighted by Crippen LogP contribution is -1.86. The smallest absolute Gasteiger partial charge is 0.00401 e. The van der Waals surface area contributed by atoms with Crippen molar-refractivity contribution in [2.24, 2.45) is 0 Å². The van der Waals surface area contributed by atoms with Gasteiger partial charge < -0.3 is 0 Å². The zero-order valence-electron chi connectivity index (χ0n) is 11.8. The minimum Gasteiger partial charge on any atom is -0.143 e. The Bertz CT molecular complexity index is 289. The third-order valence-corrected chi connectivity index (χ3v) is 3.80. The van der Waals surface area contributed by atoms with E-state index in [1.165, 1.54) is 69.8 Å². The lowest BCUT2D eigenvalue weighted by molar-refractivity contribution is 0.565. The molecule has 1 heteroatoms. The van der Waals surface area contributed by atoms with Gasteiger partial charge in [0.05, 0.1) is 0 Å². The van der Waals surface area contributed by atoms with Gasteiger partial charge in [-0.25, -0.2) is 0 Å². The first-order valence-corrected chi connectivity index (χ1v) is 8.05. The van der Waals surface area contributed by atoms with Crippen LogP contribution in [0.1, 0.15) is 70.3 Å². The Morgan fingerprint density at radius 1 is 0.722 bits per heavy atom. The van der Waals surface area contributed by atoms with Crippen LogP contribution in [0.5, 0.6) is 0 Å². The van der Waals surface area contributed by atoms with Crippen molar-refractivity contribution in [3.63, 3.8) is 0 Å². The molecule has 1 aromatic rings. The second kappa shape index (κ2) is 10.5. The zero-order valence-corrected chi connectivity index (χ0v) is 12.7. The Morgan fingerprint density at radius 2 is 1.22 bits per heavy atom. The summed E-state index contributed by atoms with van der Waals surface area (Å²) in [6.45, 7) is 2.28. The van der Waals surface area contributed by atoms with Gasteiger partial charge in [-0.3, -0.25) is 0 Å². The van der Waals surface area contributed by atoms with Crippen molar-refractivity contribution in [2.75, 3.05) is 0 Å². The first kappa shape index (κ1) is 15.6. The van der Waals surface area contributed by atoms with Crippen molar-refractivity contribution in [2.45, 2.75) is 76.0 Å². The first-order chi connectivity index (χ1) is 8.83. The van der Waals surface area contributed by atoms with E-state index in [0.29, 0.717) is 0 Å². The summed E-state index contributed by atoms with van der Waals surface area (Å²) in [4.78, 5) is 1.06. The van der Waals surface area contributed by atoms with Crippen LogP contribution in [-0.4, -0.2) is 0 Å². The molecule has 0 aromatic heterocycles. The first-order valence-electron chi connectivity index (χ1n) is 7.61. The van der Waals surface area contributed by atoms with E-state index in [0.717, 1.165) is 4.90 Å². The van der Waals surface area contributed by atoms with Gasteiger partial charge in [-0.1, -0.05) is 70.4 Å². The largest absolute Gasteiger partial charge is 0.143 e. The number of thiol groups is 1. The number of unbranched alkanes of at least 4 members (excludes halogenated alkanes) is 8. The molecule has 0 amide bonds. The third-order valence-electron chi connectivity index (χ3n) is 3.51. The zero-order chi connectivity index (χ0) is 13.1. The van der Waals surface area contributed by atoms with E-state index in [9.17, 15) is 0 Å². The van der Waals surface area contributed by atoms with Gasteiger partial charge in [-0.2, -0.15) is 0 Å². The number of hydrogen-bond donors (Lipinski definition) is 1. The molecule has 0 N–H and O–H groups in total. The molecular weight excluding hydrogens is 236 g/mol. The van der Waals surface area contributed by atoms with E-state index in [1.807, 2.05) is 0 Å². The minimum absolute atomic E-state index is 1.06. The molecule has 102 valence electrons. The maximum Gasteiger partial charge on any atom is 0.00401 e. The van der Waals surface area contributed by atoms with Crippen LogP contribution in [0.4, 0.5) is 0 Å². The molecule has 0 unspecified atom stereocenters. The minimum atomic E-state index is 1.06. The van der Waals surface area contributed by atoms with Gasteiger partial charge in [0.2, 0.25) is 0 Å². The highest BCUT2D eigenvalue weighted by Gasteiger charge is 1.95. The second-order valence-electron chi connectivity index (χ2n) is 5.24. The predicted molar refractivity (Wildman–Crippen MR) is 84.6 cm³/mol. The molecule has 0 bridgehead atoms. The van der Waals surface area contributed by atoms with Crippen molar-refractivity contribution in [1.82, 2.24) is 0 Å². The maximum atomic E-state index is 4.30. The molecule has 0 radical (unpaired) electrons. The van der Waals surface area contributed by atoms with Crippen molar-refractivity contribution in [3.05, 3.63) is 29.8 Å². The Balaban J connectivity index is 1.91. The number of aryl methyl sites for hydroxylation is 1. The summed E-state index contributed by atoms with van der Waals surface area (Å²) in [5.41, 5.74) is 1.45. The van der Waals surface area contributed by atoms with Gasteiger partial charge in [-0.05, 0) is 30.5 Å². The summed E-state index contributed by atoms with van der Waals surface area (Å²) < 4.78 is 0. The second-order valence-corrected chi connectivity index (χ2v) is 5.76. The summed E-state index contributed by atoms with van der Waals surface area (Å²) in [6, 6.07) is 8.58.